The summed E-state index contributed by atoms with van der Waals surface area (Å²) in [5, 5.41) is 0. The van der Waals surface area contributed by atoms with Crippen molar-refractivity contribution in [1.82, 2.24) is 0 Å². The van der Waals surface area contributed by atoms with E-state index in [0.717, 1.165) is 0 Å². The van der Waals surface area contributed by atoms with Gasteiger partial charge >= 0.3 is 119 Å². The molecule has 0 heterocycles. The summed E-state index contributed by atoms with van der Waals surface area (Å²) < 4.78 is 8.36. The second-order valence-corrected chi connectivity index (χ2v) is 0. The summed E-state index contributed by atoms with van der Waals surface area (Å²) in [5.41, 5.74) is 0. The van der Waals surface area contributed by atoms with Crippen LogP contribution in [0.4, 0.5) is 0 Å². The Morgan fingerprint density at radius 2 is 1.50 bits per heavy atom. The van der Waals surface area contributed by atoms with Gasteiger partial charge in [-0.2, -0.15) is 0 Å². The van der Waals surface area contributed by atoms with E-state index in [2.05, 4.69) is 0 Å². The van der Waals surface area contributed by atoms with E-state index < -0.39 is 0 Å². The van der Waals surface area contributed by atoms with Crippen LogP contribution in [0.2, 0.25) is 0 Å². The van der Waals surface area contributed by atoms with Crippen molar-refractivity contribution < 1.29 is 30.0 Å². The van der Waals surface area contributed by atoms with E-state index in [1.54, 1.807) is 0 Å². The zero-order valence-corrected chi connectivity index (χ0v) is 13.4. The molecule has 1 nitrogen and oxygen atoms in total. The molecule has 19 valence electrons. The Labute approximate surface area is 121 Å². The molecule has 0 radical (unpaired) electrons. The fraction of sp³-hybridized carbons (Fsp3) is 0. The summed E-state index contributed by atoms with van der Waals surface area (Å²) >= 11 is 0.194. The van der Waals surface area contributed by atoms with Crippen molar-refractivity contribution in [3.8, 4) is 0 Å². The zero-order valence-electron chi connectivity index (χ0n) is 6.27. The minimum Gasteiger partial charge on any atom is 2.00 e. The van der Waals surface area contributed by atoms with E-state index in [1.165, 1.54) is 0 Å². The predicted molar refractivity (Wildman–Crippen MR) is 16.6 cm³/mol. The van der Waals surface area contributed by atoms with Gasteiger partial charge in [0.25, 0.3) is 0 Å². The van der Waals surface area contributed by atoms with Gasteiger partial charge in [-0.05, 0) is 0 Å². The maximum atomic E-state index is 8.36. The first-order valence-corrected chi connectivity index (χ1v) is 1.49. The fourth-order valence-electron chi connectivity index (χ4n) is 0. The van der Waals surface area contributed by atoms with Crippen molar-refractivity contribution in [3.63, 3.8) is 0 Å². The molecule has 0 aliphatic carbocycles. The second-order valence-electron chi connectivity index (χ2n) is 0. The molecule has 0 amide bonds. The SMILES string of the molecule is [Ba+2].[H-].[H-].[H-].[H-].[O]=[Ta].[Sr+2]. The topological polar surface area (TPSA) is 17.1 Å². The van der Waals surface area contributed by atoms with Gasteiger partial charge in [0.1, 0.15) is 0 Å². The minimum atomic E-state index is 0. The molecule has 4 heavy (non-hydrogen) atoms. The number of rotatable bonds is 0. The van der Waals surface area contributed by atoms with Crippen LogP contribution in [0, 0.1) is 0 Å². The Balaban J connectivity index is -0.000000000333. The Morgan fingerprint density at radius 1 is 1.50 bits per heavy atom. The molecule has 0 aliphatic heterocycles. The normalized spacial score (nSPS) is 0.750. The van der Waals surface area contributed by atoms with E-state index >= 15 is 0 Å². The summed E-state index contributed by atoms with van der Waals surface area (Å²) in [7, 11) is 0. The van der Waals surface area contributed by atoms with Crippen molar-refractivity contribution in [2.45, 2.75) is 0 Å². The molecule has 0 spiro atoms. The first-order valence-electron chi connectivity index (χ1n) is 0.183. The van der Waals surface area contributed by atoms with Gasteiger partial charge in [0.2, 0.25) is 0 Å². The molecule has 0 N–H and O–H groups in total. The van der Waals surface area contributed by atoms with Gasteiger partial charge in [0, 0.05) is 0 Å². The molecular formula is H4BaOSrTa. The van der Waals surface area contributed by atoms with E-state index in [1.807, 2.05) is 0 Å². The van der Waals surface area contributed by atoms with Crippen LogP contribution >= 0.6 is 0 Å². The van der Waals surface area contributed by atoms with Gasteiger partial charge < -0.3 is 5.71 Å². The van der Waals surface area contributed by atoms with Crippen LogP contribution in [0.25, 0.3) is 0 Å². The van der Waals surface area contributed by atoms with Gasteiger partial charge in [0.05, 0.1) is 0 Å². The second kappa shape index (κ2) is 16.0. The molecule has 0 aromatic heterocycles. The van der Waals surface area contributed by atoms with E-state index in [0.29, 0.717) is 0 Å². The van der Waals surface area contributed by atoms with Gasteiger partial charge in [-0.25, -0.2) is 0 Å². The quantitative estimate of drug-likeness (QED) is 0.481. The monoisotopic (exact) mass is 427 g/mol. The summed E-state index contributed by atoms with van der Waals surface area (Å²) in [6.45, 7) is 0. The molecule has 0 aromatic carbocycles. The van der Waals surface area contributed by atoms with Crippen molar-refractivity contribution in [2.75, 3.05) is 0 Å². The van der Waals surface area contributed by atoms with Crippen LogP contribution in [-0.2, 0) is 24.3 Å². The minimum absolute atomic E-state index is 0. The summed E-state index contributed by atoms with van der Waals surface area (Å²) in [5.74, 6) is 0. The molecule has 4 heteroatoms. The maximum Gasteiger partial charge on any atom is 2.00 e. The third kappa shape index (κ3) is 9.14. The molecule has 0 bridgehead atoms. The maximum absolute atomic E-state index is 8.36. The van der Waals surface area contributed by atoms with Crippen LogP contribution in [0.1, 0.15) is 5.71 Å². The van der Waals surface area contributed by atoms with Gasteiger partial charge in [-0.15, -0.1) is 0 Å². The molecule has 0 saturated carbocycles. The van der Waals surface area contributed by atoms with Crippen LogP contribution in [-0.4, -0.2) is 94.4 Å². The van der Waals surface area contributed by atoms with Gasteiger partial charge in [0.15, 0.2) is 0 Å². The molecule has 0 atom stereocenters. The molecule has 0 saturated heterocycles. The van der Waals surface area contributed by atoms with Crippen LogP contribution < -0.4 is 0 Å². The van der Waals surface area contributed by atoms with Crippen LogP contribution in [0.15, 0.2) is 0 Å². The van der Waals surface area contributed by atoms with Crippen molar-refractivity contribution in [2.24, 2.45) is 0 Å². The average Bonchev–Trinajstić information content (AvgIpc) is 1.00. The summed E-state index contributed by atoms with van der Waals surface area (Å²) in [6.07, 6.45) is 0. The van der Waals surface area contributed by atoms with Gasteiger partial charge in [-0.1, -0.05) is 0 Å². The Bertz CT molecular complexity index is 16.0. The first-order chi connectivity index (χ1) is 1.00. The zero-order chi connectivity index (χ0) is 2.00. The summed E-state index contributed by atoms with van der Waals surface area (Å²) in [6, 6.07) is 0. The summed E-state index contributed by atoms with van der Waals surface area (Å²) in [4.78, 5) is 0. The largest absolute Gasteiger partial charge is 2.00 e. The Morgan fingerprint density at radius 3 is 1.50 bits per heavy atom. The third-order valence-electron chi connectivity index (χ3n) is 0. The standard InChI is InChI=1S/Ba.O.Sr.Ta.4H/q+2;;+2;;4*-1. The van der Waals surface area contributed by atoms with Crippen molar-refractivity contribution >= 4 is 94.4 Å². The van der Waals surface area contributed by atoms with Gasteiger partial charge in [-0.3, -0.25) is 0 Å². The molecule has 0 aromatic rings. The molecule has 0 rings (SSSR count). The molecular weight excluding hydrogens is 422 g/mol. The van der Waals surface area contributed by atoms with Crippen molar-refractivity contribution in [3.05, 3.63) is 0 Å². The molecule has 0 unspecified atom stereocenters. The van der Waals surface area contributed by atoms with E-state index in [4.69, 9.17) is 3.25 Å². The Kier molecular flexibility index (Phi) is 62.5. The fourth-order valence-corrected chi connectivity index (χ4v) is 0. The first kappa shape index (κ1) is 15.6. The average molecular weight is 426 g/mol. The predicted octanol–water partition coefficient (Wildman–Crippen LogP) is -0.433. The Hall–Kier alpha value is 3.59. The smallest absolute Gasteiger partial charge is 2.00 e. The molecule has 0 aliphatic rings. The number of hydrogen-bond acceptors (Lipinski definition) is 1. The third-order valence-corrected chi connectivity index (χ3v) is 0. The van der Waals surface area contributed by atoms with E-state index in [9.17, 15) is 0 Å². The van der Waals surface area contributed by atoms with Crippen LogP contribution in [0.3, 0.4) is 0 Å². The molecule has 0 fully saturated rings. The van der Waals surface area contributed by atoms with Crippen molar-refractivity contribution in [1.29, 1.82) is 0 Å². The van der Waals surface area contributed by atoms with E-state index in [-0.39, 0.29) is 121 Å². The number of hydrogen-bond donors (Lipinski definition) is 0. The van der Waals surface area contributed by atoms with Crippen LogP contribution in [0.5, 0.6) is 0 Å².